The zero-order valence-corrected chi connectivity index (χ0v) is 23.3. The molecule has 0 saturated carbocycles. The lowest BCUT2D eigenvalue weighted by molar-refractivity contribution is 0.0740. The van der Waals surface area contributed by atoms with Crippen LogP contribution in [0, 0.1) is 11.3 Å². The third-order valence-electron chi connectivity index (χ3n) is 6.43. The Kier molecular flexibility index (Phi) is 7.99. The summed E-state index contributed by atoms with van der Waals surface area (Å²) in [6.07, 6.45) is 3.09. The van der Waals surface area contributed by atoms with E-state index in [-0.39, 0.29) is 27.1 Å². The van der Waals surface area contributed by atoms with Gasteiger partial charge in [-0.2, -0.15) is 5.26 Å². The lowest BCUT2D eigenvalue weighted by Gasteiger charge is -2.28. The predicted molar refractivity (Wildman–Crippen MR) is 154 cm³/mol. The average molecular weight is 580 g/mol. The van der Waals surface area contributed by atoms with Crippen molar-refractivity contribution in [1.82, 2.24) is 0 Å². The van der Waals surface area contributed by atoms with Gasteiger partial charge < -0.3 is 19.9 Å². The number of nitrogens with zero attached hydrogens (tertiary/aromatic N) is 1. The van der Waals surface area contributed by atoms with Gasteiger partial charge >= 0.3 is 5.97 Å². The zero-order chi connectivity index (χ0) is 27.5. The van der Waals surface area contributed by atoms with Gasteiger partial charge in [0.1, 0.15) is 33.8 Å². The van der Waals surface area contributed by atoms with Crippen LogP contribution in [-0.2, 0) is 0 Å². The Morgan fingerprint density at radius 3 is 2.69 bits per heavy atom. The second kappa shape index (κ2) is 11.6. The number of carbonyl (C=O) groups excluding carboxylic acids is 1. The van der Waals surface area contributed by atoms with Gasteiger partial charge in [0.25, 0.3) is 0 Å². The molecule has 3 aromatic carbocycles. The van der Waals surface area contributed by atoms with Crippen molar-refractivity contribution in [3.63, 3.8) is 0 Å². The number of rotatable bonds is 8. The molecular formula is C30H24Cl2N2O4S. The number of nitriles is 1. The fourth-order valence-corrected chi connectivity index (χ4v) is 6.38. The van der Waals surface area contributed by atoms with E-state index < -0.39 is 11.9 Å². The van der Waals surface area contributed by atoms with E-state index in [9.17, 15) is 10.1 Å². The van der Waals surface area contributed by atoms with Crippen LogP contribution in [0.4, 0.5) is 0 Å². The minimum Gasteiger partial charge on any atom is -0.493 e. The van der Waals surface area contributed by atoms with E-state index in [0.717, 1.165) is 29.5 Å². The first kappa shape index (κ1) is 26.9. The van der Waals surface area contributed by atoms with E-state index in [1.807, 2.05) is 30.3 Å². The molecular weight excluding hydrogens is 555 g/mol. The van der Waals surface area contributed by atoms with E-state index >= 15 is 0 Å². The van der Waals surface area contributed by atoms with Crippen molar-refractivity contribution in [1.29, 1.82) is 5.26 Å². The molecule has 0 amide bonds. The van der Waals surface area contributed by atoms with Crippen LogP contribution in [0.5, 0.6) is 17.2 Å². The average Bonchev–Trinajstić information content (AvgIpc) is 3.28. The first-order valence-electron chi connectivity index (χ1n) is 12.4. The lowest BCUT2D eigenvalue weighted by atomic mass is 9.83. The Balaban J connectivity index is 1.46. The van der Waals surface area contributed by atoms with E-state index in [4.69, 9.17) is 43.1 Å². The molecule has 1 unspecified atom stereocenters. The number of ether oxygens (including phenoxy) is 3. The molecule has 39 heavy (non-hydrogen) atoms. The van der Waals surface area contributed by atoms with E-state index in [1.54, 1.807) is 30.3 Å². The molecule has 5 rings (SSSR count). The summed E-state index contributed by atoms with van der Waals surface area (Å²) in [6.45, 7) is 2.71. The van der Waals surface area contributed by atoms with Crippen LogP contribution in [0.15, 0.2) is 72.1 Å². The van der Waals surface area contributed by atoms with Crippen LogP contribution in [-0.4, -0.2) is 12.6 Å². The van der Waals surface area contributed by atoms with Crippen LogP contribution >= 0.6 is 34.5 Å². The smallest absolute Gasteiger partial charge is 0.355 e. The molecule has 2 N–H and O–H groups in total. The van der Waals surface area contributed by atoms with Crippen LogP contribution in [0.3, 0.4) is 0 Å². The number of fused-ring (bicyclic) bond motifs is 2. The normalized spacial score (nSPS) is 14.5. The van der Waals surface area contributed by atoms with Crippen molar-refractivity contribution in [2.45, 2.75) is 32.1 Å². The number of unbranched alkanes of at least 4 members (excludes halogenated alkanes) is 2. The van der Waals surface area contributed by atoms with Crippen LogP contribution in [0.1, 0.15) is 52.9 Å². The second-order valence-electron chi connectivity index (χ2n) is 8.97. The summed E-state index contributed by atoms with van der Waals surface area (Å²) < 4.78 is 18.4. The standard InChI is InChI=1S/C30H24Cl2N2O4S/c1-2-3-6-14-36-22-10-5-4-8-18(22)25-19-13-12-17(15-23(19)38-29(34)20(25)16-33)37-30(35)28-27(32)26-21(31)9-7-11-24(26)39-28/h4-5,7-13,15,25H,2-3,6,14,34H2,1H3. The van der Waals surface area contributed by atoms with E-state index in [2.05, 4.69) is 13.0 Å². The van der Waals surface area contributed by atoms with Gasteiger partial charge in [0, 0.05) is 27.3 Å². The quantitative estimate of drug-likeness (QED) is 0.128. The lowest BCUT2D eigenvalue weighted by Crippen LogP contribution is -2.21. The molecule has 0 aliphatic carbocycles. The van der Waals surface area contributed by atoms with Crippen molar-refractivity contribution in [2.75, 3.05) is 6.61 Å². The monoisotopic (exact) mass is 578 g/mol. The Morgan fingerprint density at radius 1 is 1.10 bits per heavy atom. The molecule has 1 aromatic heterocycles. The SMILES string of the molecule is CCCCCOc1ccccc1C1C(C#N)=C(N)Oc2cc(OC(=O)c3sc4cccc(Cl)c4c3Cl)ccc21. The number of nitrogens with two attached hydrogens (primary N) is 1. The number of carbonyl (C=O) groups is 1. The highest BCUT2D eigenvalue weighted by molar-refractivity contribution is 7.21. The van der Waals surface area contributed by atoms with Crippen molar-refractivity contribution < 1.29 is 19.0 Å². The predicted octanol–water partition coefficient (Wildman–Crippen LogP) is 8.21. The van der Waals surface area contributed by atoms with Crippen molar-refractivity contribution in [3.8, 4) is 23.3 Å². The highest BCUT2D eigenvalue weighted by Crippen LogP contribution is 2.46. The molecule has 0 saturated heterocycles. The van der Waals surface area contributed by atoms with Crippen LogP contribution in [0.25, 0.3) is 10.1 Å². The molecule has 0 radical (unpaired) electrons. The zero-order valence-electron chi connectivity index (χ0n) is 21.0. The molecule has 0 spiro atoms. The third kappa shape index (κ3) is 5.28. The van der Waals surface area contributed by atoms with Gasteiger partial charge in [-0.1, -0.05) is 73.3 Å². The number of para-hydroxylation sites is 1. The fraction of sp³-hybridized carbons (Fsp3) is 0.200. The fourth-order valence-electron chi connectivity index (χ4n) is 4.56. The summed E-state index contributed by atoms with van der Waals surface area (Å²) in [5.74, 6) is 0.172. The maximum Gasteiger partial charge on any atom is 0.355 e. The Bertz CT molecular complexity index is 1640. The van der Waals surface area contributed by atoms with Gasteiger partial charge in [-0.25, -0.2) is 4.79 Å². The number of hydrogen-bond acceptors (Lipinski definition) is 7. The van der Waals surface area contributed by atoms with Gasteiger partial charge in [0.2, 0.25) is 5.88 Å². The van der Waals surface area contributed by atoms with Crippen molar-refractivity contribution in [3.05, 3.63) is 98.2 Å². The first-order valence-corrected chi connectivity index (χ1v) is 14.0. The Morgan fingerprint density at radius 2 is 1.92 bits per heavy atom. The second-order valence-corrected chi connectivity index (χ2v) is 10.8. The maximum atomic E-state index is 13.1. The number of allylic oxidation sites excluding steroid dienone is 1. The first-order chi connectivity index (χ1) is 18.9. The third-order valence-corrected chi connectivity index (χ3v) is 8.37. The van der Waals surface area contributed by atoms with Crippen molar-refractivity contribution in [2.24, 2.45) is 5.73 Å². The summed E-state index contributed by atoms with van der Waals surface area (Å²) in [4.78, 5) is 13.3. The van der Waals surface area contributed by atoms with Crippen molar-refractivity contribution >= 4 is 50.6 Å². The minimum atomic E-state index is -0.614. The number of esters is 1. The van der Waals surface area contributed by atoms with Gasteiger partial charge in [-0.3, -0.25) is 0 Å². The van der Waals surface area contributed by atoms with Gasteiger partial charge in [-0.15, -0.1) is 11.3 Å². The summed E-state index contributed by atoms with van der Waals surface area (Å²) in [6, 6.07) is 20.2. The summed E-state index contributed by atoms with van der Waals surface area (Å²) in [5.41, 5.74) is 7.99. The molecule has 1 aliphatic rings. The van der Waals surface area contributed by atoms with Gasteiger partial charge in [0.15, 0.2) is 0 Å². The molecule has 198 valence electrons. The number of benzene rings is 3. The number of halogens is 2. The largest absolute Gasteiger partial charge is 0.493 e. The Labute approximate surface area is 240 Å². The summed E-state index contributed by atoms with van der Waals surface area (Å²) >= 11 is 14.0. The van der Waals surface area contributed by atoms with Crippen LogP contribution in [0.2, 0.25) is 10.0 Å². The Hall–Kier alpha value is -3.70. The van der Waals surface area contributed by atoms with E-state index in [1.165, 1.54) is 11.3 Å². The molecule has 6 nitrogen and oxygen atoms in total. The molecule has 0 fully saturated rings. The van der Waals surface area contributed by atoms with E-state index in [0.29, 0.717) is 34.1 Å². The van der Waals surface area contributed by atoms with Gasteiger partial charge in [0.05, 0.1) is 22.6 Å². The topological polar surface area (TPSA) is 94.6 Å². The highest BCUT2D eigenvalue weighted by Gasteiger charge is 2.33. The minimum absolute atomic E-state index is 0.0125. The van der Waals surface area contributed by atoms with Gasteiger partial charge in [-0.05, 0) is 30.7 Å². The molecule has 1 atom stereocenters. The number of thiophene rings is 1. The molecule has 4 aromatic rings. The highest BCUT2D eigenvalue weighted by atomic mass is 35.5. The molecule has 9 heteroatoms. The summed E-state index contributed by atoms with van der Waals surface area (Å²) in [7, 11) is 0. The summed E-state index contributed by atoms with van der Waals surface area (Å²) in [5, 5.41) is 11.3. The van der Waals surface area contributed by atoms with Crippen LogP contribution < -0.4 is 19.9 Å². The molecule has 1 aliphatic heterocycles. The molecule has 0 bridgehead atoms. The molecule has 2 heterocycles. The maximum absolute atomic E-state index is 13.1. The number of hydrogen-bond donors (Lipinski definition) is 1.